The van der Waals surface area contributed by atoms with Crippen LogP contribution in [0, 0.1) is 0 Å². The second-order valence-electron chi connectivity index (χ2n) is 0. The first-order valence-corrected chi connectivity index (χ1v) is 0. The van der Waals surface area contributed by atoms with Gasteiger partial charge in [-0.05, 0) is 0 Å². The van der Waals surface area contributed by atoms with E-state index in [1.165, 1.54) is 0 Å². The Hall–Kier alpha value is 2.08. The first-order valence-electron chi connectivity index (χ1n) is 0. The molecule has 0 aromatic carbocycles. The molecule has 0 spiro atoms. The minimum Gasteiger partial charge on any atom is -2.00 e. The Balaban J connectivity index is 0. The summed E-state index contributed by atoms with van der Waals surface area (Å²) in [7, 11) is 0. The van der Waals surface area contributed by atoms with Gasteiger partial charge in [-0.2, -0.15) is 0 Å². The first kappa shape index (κ1) is 36.3. The first-order chi connectivity index (χ1) is 0. The van der Waals surface area contributed by atoms with E-state index in [1.807, 2.05) is 0 Å². The molecule has 4 heavy (non-hydrogen) atoms. The van der Waals surface area contributed by atoms with E-state index in [0.717, 1.165) is 0 Å². The quantitative estimate of drug-likeness (QED) is 0.526. The molecule has 0 N–H and O–H groups in total. The monoisotopic (exact) mass is 259 g/mol. The molecule has 0 aliphatic rings. The van der Waals surface area contributed by atoms with Crippen LogP contribution in [0.1, 0.15) is 0 Å². The zero-order valence-electron chi connectivity index (χ0n) is 2.40. The molecule has 0 fully saturated rings. The second kappa shape index (κ2) is 19.6. The predicted octanol–water partition coefficient (Wildman–Crippen LogP) is -0.505. The summed E-state index contributed by atoms with van der Waals surface area (Å²) in [6.07, 6.45) is 0. The van der Waals surface area contributed by atoms with Gasteiger partial charge >= 0.3 is 64.8 Å². The van der Waals surface area contributed by atoms with Crippen LogP contribution in [0.25, 0.3) is 0 Å². The molecular formula is InOZn2+5. The Kier molecular flexibility index (Phi) is 178. The molecule has 4 heteroatoms. The Bertz CT molecular complexity index is 6.00. The Morgan fingerprint density at radius 1 is 0.750 bits per heavy atom. The van der Waals surface area contributed by atoms with E-state index >= 15 is 0 Å². The molecule has 0 amide bonds. The van der Waals surface area contributed by atoms with Crippen LogP contribution in [0.3, 0.4) is 0 Å². The van der Waals surface area contributed by atoms with Gasteiger partial charge in [-0.1, -0.05) is 0 Å². The van der Waals surface area contributed by atoms with Crippen molar-refractivity contribution in [1.82, 2.24) is 0 Å². The standard InChI is InChI=1S/In.O.2Zn/q+3;-2;2*+2. The molecule has 0 aromatic heterocycles. The third kappa shape index (κ3) is 8.95. The maximum atomic E-state index is 0. The maximum absolute atomic E-state index is 0. The summed E-state index contributed by atoms with van der Waals surface area (Å²) >= 11 is 0. The van der Waals surface area contributed by atoms with Gasteiger partial charge in [-0.15, -0.1) is 0 Å². The van der Waals surface area contributed by atoms with Gasteiger partial charge in [0.15, 0.2) is 0 Å². The summed E-state index contributed by atoms with van der Waals surface area (Å²) in [5, 5.41) is 0. The zero-order valence-corrected chi connectivity index (χ0v) is 11.6. The third-order valence-electron chi connectivity index (χ3n) is 0. The molecule has 0 radical (unpaired) electrons. The van der Waals surface area contributed by atoms with Gasteiger partial charge in [-0.3, -0.25) is 0 Å². The van der Waals surface area contributed by atoms with Crippen LogP contribution in [-0.4, -0.2) is 25.8 Å². The van der Waals surface area contributed by atoms with Crippen molar-refractivity contribution in [2.75, 3.05) is 0 Å². The van der Waals surface area contributed by atoms with Crippen molar-refractivity contribution < 1.29 is 44.4 Å². The van der Waals surface area contributed by atoms with Gasteiger partial charge in [0.25, 0.3) is 0 Å². The fourth-order valence-corrected chi connectivity index (χ4v) is 0. The summed E-state index contributed by atoms with van der Waals surface area (Å²) in [6, 6.07) is 0. The van der Waals surface area contributed by atoms with E-state index in [1.54, 1.807) is 0 Å². The van der Waals surface area contributed by atoms with Gasteiger partial charge in [0.1, 0.15) is 0 Å². The van der Waals surface area contributed by atoms with Crippen molar-refractivity contribution in [3.05, 3.63) is 0 Å². The Morgan fingerprint density at radius 2 is 0.750 bits per heavy atom. The summed E-state index contributed by atoms with van der Waals surface area (Å²) in [6.45, 7) is 0. The van der Waals surface area contributed by atoms with Gasteiger partial charge in [0, 0.05) is 0 Å². The molecule has 0 saturated heterocycles. The summed E-state index contributed by atoms with van der Waals surface area (Å²) in [5.74, 6) is 0. The second-order valence-corrected chi connectivity index (χ2v) is 0. The van der Waals surface area contributed by atoms with E-state index in [0.29, 0.717) is 0 Å². The van der Waals surface area contributed by atoms with Crippen molar-refractivity contribution >= 4 is 25.8 Å². The summed E-state index contributed by atoms with van der Waals surface area (Å²) < 4.78 is 0. The largest absolute Gasteiger partial charge is 3.00 e. The van der Waals surface area contributed by atoms with Crippen LogP contribution in [-0.2, 0) is 44.4 Å². The van der Waals surface area contributed by atoms with Crippen LogP contribution < -0.4 is 0 Å². The van der Waals surface area contributed by atoms with E-state index in [9.17, 15) is 0 Å². The van der Waals surface area contributed by atoms with E-state index in [4.69, 9.17) is 0 Å². The smallest absolute Gasteiger partial charge is 2.00 e. The summed E-state index contributed by atoms with van der Waals surface area (Å²) in [4.78, 5) is 0. The molecule has 0 aliphatic carbocycles. The van der Waals surface area contributed by atoms with Gasteiger partial charge in [0.2, 0.25) is 0 Å². The molecule has 0 rings (SSSR count). The topological polar surface area (TPSA) is 28.5 Å². The van der Waals surface area contributed by atoms with Crippen molar-refractivity contribution in [2.45, 2.75) is 0 Å². The summed E-state index contributed by atoms with van der Waals surface area (Å²) in [5.41, 5.74) is 0. The van der Waals surface area contributed by atoms with Crippen molar-refractivity contribution in [1.29, 1.82) is 0 Å². The third-order valence-corrected chi connectivity index (χ3v) is 0. The van der Waals surface area contributed by atoms with Crippen molar-refractivity contribution in [2.24, 2.45) is 0 Å². The average Bonchev–Trinajstić information content (AvgIpc) is 0. The molecule has 0 unspecified atom stereocenters. The number of rotatable bonds is 0. The Morgan fingerprint density at radius 3 is 0.750 bits per heavy atom. The minimum atomic E-state index is 0. The molecule has 1 nitrogen and oxygen atoms in total. The molecule has 8 valence electrons. The van der Waals surface area contributed by atoms with Crippen LogP contribution in [0.5, 0.6) is 0 Å². The molecule has 0 atom stereocenters. The molecular weight excluding hydrogens is 262 g/mol. The molecule has 0 bridgehead atoms. The van der Waals surface area contributed by atoms with Gasteiger partial charge in [0.05, 0.1) is 0 Å². The van der Waals surface area contributed by atoms with Crippen LogP contribution in [0.2, 0.25) is 0 Å². The SMILES string of the molecule is [In+3].[O-2].[Zn+2].[Zn+2]. The van der Waals surface area contributed by atoms with Gasteiger partial charge < -0.3 is 5.48 Å². The predicted molar refractivity (Wildman–Crippen MR) is 6.44 cm³/mol. The zero-order chi connectivity index (χ0) is 0. The fourth-order valence-electron chi connectivity index (χ4n) is 0. The fraction of sp³-hybridized carbons (Fsp3) is 0. The van der Waals surface area contributed by atoms with Crippen LogP contribution in [0.4, 0.5) is 0 Å². The normalized spacial score (nSPS) is 0. The van der Waals surface area contributed by atoms with Crippen LogP contribution >= 0.6 is 0 Å². The number of hydrogen-bond donors (Lipinski definition) is 0. The maximum Gasteiger partial charge on any atom is 3.00 e. The van der Waals surface area contributed by atoms with E-state index in [2.05, 4.69) is 0 Å². The molecule has 0 heterocycles. The minimum absolute atomic E-state index is 0. The molecule has 0 aromatic rings. The molecule has 0 aliphatic heterocycles. The van der Waals surface area contributed by atoms with Gasteiger partial charge in [-0.25, -0.2) is 0 Å². The molecule has 0 saturated carbocycles. The van der Waals surface area contributed by atoms with Crippen molar-refractivity contribution in [3.8, 4) is 0 Å². The van der Waals surface area contributed by atoms with Crippen molar-refractivity contribution in [3.63, 3.8) is 0 Å². The van der Waals surface area contributed by atoms with E-state index < -0.39 is 0 Å². The Labute approximate surface area is 69.5 Å². The van der Waals surface area contributed by atoms with Crippen LogP contribution in [0.15, 0.2) is 0 Å². The number of hydrogen-bond acceptors (Lipinski definition) is 0. The average molecular weight is 262 g/mol. The van der Waals surface area contributed by atoms with E-state index in [-0.39, 0.29) is 70.3 Å².